The number of nitrogens with zero attached hydrogens (tertiary/aromatic N) is 1. The second-order valence-corrected chi connectivity index (χ2v) is 4.08. The Labute approximate surface area is 106 Å². The Balaban J connectivity index is 0.000000770. The van der Waals surface area contributed by atoms with Crippen molar-refractivity contribution in [2.45, 2.75) is 27.7 Å². The third kappa shape index (κ3) is 5.05. The average molecular weight is 235 g/mol. The average Bonchev–Trinajstić information content (AvgIpc) is 2.31. The van der Waals surface area contributed by atoms with Crippen molar-refractivity contribution in [2.75, 3.05) is 20.2 Å². The topological polar surface area (TPSA) is 23.5 Å². The third-order valence-corrected chi connectivity index (χ3v) is 2.78. The predicted octanol–water partition coefficient (Wildman–Crippen LogP) is 3.22. The number of aryl methyl sites for hydroxylation is 2. The highest BCUT2D eigenvalue weighted by atomic mass is 16.2. The Morgan fingerprint density at radius 1 is 1.24 bits per heavy atom. The molecular weight excluding hydrogens is 210 g/mol. The fourth-order valence-electron chi connectivity index (χ4n) is 1.33. The zero-order valence-electron chi connectivity index (χ0n) is 11.7. The third-order valence-electron chi connectivity index (χ3n) is 2.78. The van der Waals surface area contributed by atoms with Crippen molar-refractivity contribution in [1.82, 2.24) is 4.90 Å². The lowest BCUT2D eigenvalue weighted by Crippen LogP contribution is -2.14. The van der Waals surface area contributed by atoms with Gasteiger partial charge in [0, 0.05) is 25.9 Å². The first-order chi connectivity index (χ1) is 7.97. The van der Waals surface area contributed by atoms with Crippen LogP contribution in [0.25, 0.3) is 5.70 Å². The molecule has 96 valence electrons. The molecule has 0 bridgehead atoms. The van der Waals surface area contributed by atoms with Crippen LogP contribution in [0.4, 0.5) is 0 Å². The first-order valence-corrected chi connectivity index (χ1v) is 6.06. The van der Waals surface area contributed by atoms with Gasteiger partial charge in [0.2, 0.25) is 0 Å². The van der Waals surface area contributed by atoms with Gasteiger partial charge in [-0.2, -0.15) is 0 Å². The van der Waals surface area contributed by atoms with Gasteiger partial charge in [0.05, 0.1) is 0 Å². The molecule has 0 aliphatic rings. The summed E-state index contributed by atoms with van der Waals surface area (Å²) in [4.78, 5) is 2.16. The molecule has 17 heavy (non-hydrogen) atoms. The lowest BCUT2D eigenvalue weighted by molar-refractivity contribution is 0.318. The SMILES string of the molecule is C=C(c1ccc(C)c(C)c1)N(C)CC.CCO. The quantitative estimate of drug-likeness (QED) is 0.869. The van der Waals surface area contributed by atoms with Gasteiger partial charge in [0.25, 0.3) is 0 Å². The highest BCUT2D eigenvalue weighted by molar-refractivity contribution is 5.62. The van der Waals surface area contributed by atoms with Crippen LogP contribution in [0.5, 0.6) is 0 Å². The Hall–Kier alpha value is -1.28. The Morgan fingerprint density at radius 2 is 1.76 bits per heavy atom. The van der Waals surface area contributed by atoms with Gasteiger partial charge in [-0.15, -0.1) is 0 Å². The van der Waals surface area contributed by atoms with Gasteiger partial charge in [0.1, 0.15) is 0 Å². The number of hydrogen-bond donors (Lipinski definition) is 1. The van der Waals surface area contributed by atoms with E-state index in [2.05, 4.69) is 57.5 Å². The van der Waals surface area contributed by atoms with Gasteiger partial charge in [0.15, 0.2) is 0 Å². The molecule has 0 heterocycles. The Morgan fingerprint density at radius 3 is 2.18 bits per heavy atom. The molecule has 0 aliphatic heterocycles. The zero-order chi connectivity index (χ0) is 13.4. The monoisotopic (exact) mass is 235 g/mol. The Kier molecular flexibility index (Phi) is 7.31. The highest BCUT2D eigenvalue weighted by Gasteiger charge is 2.03. The van der Waals surface area contributed by atoms with E-state index < -0.39 is 0 Å². The summed E-state index contributed by atoms with van der Waals surface area (Å²) in [5, 5.41) is 7.57. The van der Waals surface area contributed by atoms with Crippen molar-refractivity contribution in [3.8, 4) is 0 Å². The molecule has 0 radical (unpaired) electrons. The van der Waals surface area contributed by atoms with Gasteiger partial charge >= 0.3 is 0 Å². The van der Waals surface area contributed by atoms with E-state index in [9.17, 15) is 0 Å². The van der Waals surface area contributed by atoms with Crippen LogP contribution in [0, 0.1) is 13.8 Å². The maximum Gasteiger partial charge on any atom is 0.0402 e. The summed E-state index contributed by atoms with van der Waals surface area (Å²) < 4.78 is 0. The standard InChI is InChI=1S/C13H19N.C2H6O/c1-6-14(5)12(4)13-8-7-10(2)11(3)9-13;1-2-3/h7-9H,4,6H2,1-3,5H3;3H,2H2,1H3. The minimum atomic E-state index is 0.250. The molecule has 0 saturated carbocycles. The van der Waals surface area contributed by atoms with Gasteiger partial charge in [-0.3, -0.25) is 0 Å². The fourth-order valence-corrected chi connectivity index (χ4v) is 1.33. The first-order valence-electron chi connectivity index (χ1n) is 6.06. The molecule has 1 N–H and O–H groups in total. The van der Waals surface area contributed by atoms with Crippen molar-refractivity contribution in [2.24, 2.45) is 0 Å². The summed E-state index contributed by atoms with van der Waals surface area (Å²) in [7, 11) is 2.07. The summed E-state index contributed by atoms with van der Waals surface area (Å²) in [6.45, 7) is 13.4. The number of benzene rings is 1. The summed E-state index contributed by atoms with van der Waals surface area (Å²) in [5.41, 5.74) is 4.97. The lowest BCUT2D eigenvalue weighted by Gasteiger charge is -2.20. The zero-order valence-corrected chi connectivity index (χ0v) is 11.7. The number of rotatable bonds is 3. The van der Waals surface area contributed by atoms with E-state index in [-0.39, 0.29) is 6.61 Å². The summed E-state index contributed by atoms with van der Waals surface area (Å²) in [6.07, 6.45) is 0. The van der Waals surface area contributed by atoms with E-state index in [1.807, 2.05) is 0 Å². The molecule has 0 amide bonds. The van der Waals surface area contributed by atoms with Crippen LogP contribution in [-0.4, -0.2) is 30.2 Å². The minimum absolute atomic E-state index is 0.250. The van der Waals surface area contributed by atoms with Crippen molar-refractivity contribution >= 4 is 5.70 Å². The molecule has 2 heteroatoms. The van der Waals surface area contributed by atoms with Crippen molar-refractivity contribution in [3.05, 3.63) is 41.5 Å². The van der Waals surface area contributed by atoms with Crippen LogP contribution < -0.4 is 0 Å². The highest BCUT2D eigenvalue weighted by Crippen LogP contribution is 2.18. The first kappa shape index (κ1) is 15.7. The van der Waals surface area contributed by atoms with Crippen LogP contribution >= 0.6 is 0 Å². The maximum absolute atomic E-state index is 7.57. The van der Waals surface area contributed by atoms with Gasteiger partial charge < -0.3 is 10.0 Å². The molecule has 0 aromatic heterocycles. The van der Waals surface area contributed by atoms with Crippen LogP contribution in [0.2, 0.25) is 0 Å². The lowest BCUT2D eigenvalue weighted by atomic mass is 10.0. The van der Waals surface area contributed by atoms with E-state index in [1.165, 1.54) is 16.7 Å². The van der Waals surface area contributed by atoms with E-state index in [1.54, 1.807) is 6.92 Å². The van der Waals surface area contributed by atoms with E-state index >= 15 is 0 Å². The molecular formula is C15H25NO. The number of aliphatic hydroxyl groups is 1. The molecule has 0 saturated heterocycles. The molecule has 2 nitrogen and oxygen atoms in total. The van der Waals surface area contributed by atoms with Gasteiger partial charge in [-0.25, -0.2) is 0 Å². The second-order valence-electron chi connectivity index (χ2n) is 4.08. The predicted molar refractivity (Wildman–Crippen MR) is 76.0 cm³/mol. The Bertz CT molecular complexity index is 358. The molecule has 1 rings (SSSR count). The van der Waals surface area contributed by atoms with E-state index in [0.717, 1.165) is 12.2 Å². The summed E-state index contributed by atoms with van der Waals surface area (Å²) >= 11 is 0. The molecule has 1 aromatic carbocycles. The fraction of sp³-hybridized carbons (Fsp3) is 0.467. The molecule has 1 aromatic rings. The van der Waals surface area contributed by atoms with E-state index in [0.29, 0.717) is 0 Å². The minimum Gasteiger partial charge on any atom is -0.397 e. The van der Waals surface area contributed by atoms with E-state index in [4.69, 9.17) is 5.11 Å². The smallest absolute Gasteiger partial charge is 0.0402 e. The molecule has 0 fully saturated rings. The maximum atomic E-state index is 7.57. The van der Waals surface area contributed by atoms with Gasteiger partial charge in [-0.1, -0.05) is 18.7 Å². The molecule has 0 unspecified atom stereocenters. The molecule has 0 aliphatic carbocycles. The van der Waals surface area contributed by atoms with Gasteiger partial charge in [-0.05, 0) is 50.5 Å². The van der Waals surface area contributed by atoms with Crippen molar-refractivity contribution < 1.29 is 5.11 Å². The van der Waals surface area contributed by atoms with Crippen molar-refractivity contribution in [3.63, 3.8) is 0 Å². The number of aliphatic hydroxyl groups excluding tert-OH is 1. The van der Waals surface area contributed by atoms with Crippen LogP contribution in [0.1, 0.15) is 30.5 Å². The summed E-state index contributed by atoms with van der Waals surface area (Å²) in [5.74, 6) is 0. The largest absolute Gasteiger partial charge is 0.397 e. The molecule has 0 atom stereocenters. The second kappa shape index (κ2) is 7.91. The van der Waals surface area contributed by atoms with Crippen LogP contribution in [0.3, 0.4) is 0 Å². The normalized spacial score (nSPS) is 9.29. The van der Waals surface area contributed by atoms with Crippen molar-refractivity contribution in [1.29, 1.82) is 0 Å². The number of hydrogen-bond acceptors (Lipinski definition) is 2. The van der Waals surface area contributed by atoms with Crippen LogP contribution in [0.15, 0.2) is 24.8 Å². The van der Waals surface area contributed by atoms with Crippen LogP contribution in [-0.2, 0) is 0 Å². The molecule has 0 spiro atoms. The summed E-state index contributed by atoms with van der Waals surface area (Å²) in [6, 6.07) is 6.49.